The van der Waals surface area contributed by atoms with Gasteiger partial charge in [0, 0.05) is 25.0 Å². The summed E-state index contributed by atoms with van der Waals surface area (Å²) >= 11 is 0. The van der Waals surface area contributed by atoms with E-state index in [0.717, 1.165) is 28.0 Å². The Balaban J connectivity index is 1.59. The first-order valence-corrected chi connectivity index (χ1v) is 8.14. The summed E-state index contributed by atoms with van der Waals surface area (Å²) in [6, 6.07) is 11.5. The fourth-order valence-corrected chi connectivity index (χ4v) is 2.70. The van der Waals surface area contributed by atoms with Crippen LogP contribution in [0.4, 0.5) is 11.5 Å². The fourth-order valence-electron chi connectivity index (χ4n) is 2.70. The molecule has 0 saturated heterocycles. The lowest BCUT2D eigenvalue weighted by Crippen LogP contribution is -2.12. The lowest BCUT2D eigenvalue weighted by atomic mass is 10.2. The second kappa shape index (κ2) is 6.77. The molecule has 0 spiro atoms. The number of rotatable bonds is 5. The summed E-state index contributed by atoms with van der Waals surface area (Å²) in [5.74, 6) is 6.27. The Hall–Kier alpha value is -3.52. The molecule has 0 atom stereocenters. The summed E-state index contributed by atoms with van der Waals surface area (Å²) in [6.45, 7) is 0.517. The molecule has 0 unspecified atom stereocenters. The molecule has 130 valence electrons. The summed E-state index contributed by atoms with van der Waals surface area (Å²) < 4.78 is 1.74. The van der Waals surface area contributed by atoms with Crippen LogP contribution < -0.4 is 16.6 Å². The summed E-state index contributed by atoms with van der Waals surface area (Å²) in [6.07, 6.45) is 5.45. The summed E-state index contributed by atoms with van der Waals surface area (Å²) in [5.41, 5.74) is 7.76. The molecule has 0 amide bonds. The second-order valence-electron chi connectivity index (χ2n) is 5.84. The number of anilines is 2. The topological polar surface area (TPSA) is 107 Å². The predicted octanol–water partition coefficient (Wildman–Crippen LogP) is 2.32. The Bertz CT molecular complexity index is 1060. The largest absolute Gasteiger partial charge is 0.363 e. The lowest BCUT2D eigenvalue weighted by molar-refractivity contribution is 0.768. The highest BCUT2D eigenvalue weighted by molar-refractivity contribution is 5.74. The molecule has 4 rings (SSSR count). The van der Waals surface area contributed by atoms with Crippen molar-refractivity contribution in [3.8, 4) is 11.3 Å². The van der Waals surface area contributed by atoms with Crippen LogP contribution in [0.1, 0.15) is 5.69 Å². The van der Waals surface area contributed by atoms with E-state index >= 15 is 0 Å². The Morgan fingerprint density at radius 2 is 2.00 bits per heavy atom. The number of aromatic nitrogens is 5. The van der Waals surface area contributed by atoms with Crippen molar-refractivity contribution >= 4 is 22.5 Å². The average Bonchev–Trinajstić information content (AvgIpc) is 3.12. The maximum Gasteiger partial charge on any atom is 0.151 e. The third-order valence-electron chi connectivity index (χ3n) is 4.00. The van der Waals surface area contributed by atoms with Gasteiger partial charge in [0.25, 0.3) is 0 Å². The van der Waals surface area contributed by atoms with Gasteiger partial charge < -0.3 is 10.7 Å². The zero-order valence-corrected chi connectivity index (χ0v) is 14.2. The highest BCUT2D eigenvalue weighted by atomic mass is 15.2. The van der Waals surface area contributed by atoms with E-state index in [-0.39, 0.29) is 0 Å². The van der Waals surface area contributed by atoms with Crippen molar-refractivity contribution in [2.45, 2.75) is 6.54 Å². The van der Waals surface area contributed by atoms with Gasteiger partial charge in [0.15, 0.2) is 5.82 Å². The summed E-state index contributed by atoms with van der Waals surface area (Å²) in [4.78, 5) is 13.6. The number of nitrogens with zero attached hydrogens (tertiary/aromatic N) is 5. The third kappa shape index (κ3) is 3.17. The van der Waals surface area contributed by atoms with Gasteiger partial charge >= 0.3 is 0 Å². The number of hydrazine groups is 1. The smallest absolute Gasteiger partial charge is 0.151 e. The minimum Gasteiger partial charge on any atom is -0.363 e. The van der Waals surface area contributed by atoms with Gasteiger partial charge in [0.2, 0.25) is 0 Å². The van der Waals surface area contributed by atoms with Crippen LogP contribution in [0.3, 0.4) is 0 Å². The zero-order valence-electron chi connectivity index (χ0n) is 14.2. The predicted molar refractivity (Wildman–Crippen MR) is 101 cm³/mol. The van der Waals surface area contributed by atoms with Crippen LogP contribution in [-0.4, -0.2) is 24.7 Å². The molecule has 26 heavy (non-hydrogen) atoms. The van der Waals surface area contributed by atoms with Gasteiger partial charge in [-0.1, -0.05) is 0 Å². The van der Waals surface area contributed by atoms with E-state index in [2.05, 4.69) is 30.8 Å². The minimum absolute atomic E-state index is 0.517. The maximum absolute atomic E-state index is 5.62. The van der Waals surface area contributed by atoms with E-state index in [0.29, 0.717) is 18.1 Å². The molecule has 4 aromatic heterocycles. The molecular weight excluding hydrogens is 328 g/mol. The number of fused-ring (bicyclic) bond motifs is 1. The van der Waals surface area contributed by atoms with Crippen molar-refractivity contribution < 1.29 is 0 Å². The number of aryl methyl sites for hydroxylation is 1. The van der Waals surface area contributed by atoms with Gasteiger partial charge in [0.05, 0.1) is 40.9 Å². The Labute approximate surface area is 150 Å². The van der Waals surface area contributed by atoms with Crippen molar-refractivity contribution in [1.82, 2.24) is 24.7 Å². The Morgan fingerprint density at radius 3 is 2.81 bits per heavy atom. The third-order valence-corrected chi connectivity index (χ3v) is 4.00. The molecule has 0 radical (unpaired) electrons. The monoisotopic (exact) mass is 346 g/mol. The molecule has 8 heteroatoms. The standard InChI is InChI=1S/C18H18N8/c1-26-11-12(9-22-26)14-6-7-17(25-19)18(24-14)21-10-13-4-5-15-16(23-13)3-2-8-20-15/h2-9,11,25H,10,19H2,1H3,(H,21,24). The highest BCUT2D eigenvalue weighted by Crippen LogP contribution is 2.25. The minimum atomic E-state index is 0.517. The number of hydrogen-bond acceptors (Lipinski definition) is 7. The van der Waals surface area contributed by atoms with Gasteiger partial charge in [-0.25, -0.2) is 9.97 Å². The van der Waals surface area contributed by atoms with Crippen LogP contribution in [0.2, 0.25) is 0 Å². The first-order valence-electron chi connectivity index (χ1n) is 8.14. The summed E-state index contributed by atoms with van der Waals surface area (Å²) in [7, 11) is 1.87. The first-order chi connectivity index (χ1) is 12.7. The zero-order chi connectivity index (χ0) is 17.9. The molecule has 0 aromatic carbocycles. The molecule has 0 aliphatic rings. The molecule has 4 heterocycles. The van der Waals surface area contributed by atoms with Crippen LogP contribution in [-0.2, 0) is 13.6 Å². The molecule has 4 aromatic rings. The van der Waals surface area contributed by atoms with E-state index in [4.69, 9.17) is 5.84 Å². The summed E-state index contributed by atoms with van der Waals surface area (Å²) in [5, 5.41) is 7.49. The van der Waals surface area contributed by atoms with Crippen LogP contribution in [0.5, 0.6) is 0 Å². The molecule has 8 nitrogen and oxygen atoms in total. The van der Waals surface area contributed by atoms with E-state index < -0.39 is 0 Å². The van der Waals surface area contributed by atoms with Crippen LogP contribution in [0.15, 0.2) is 55.0 Å². The van der Waals surface area contributed by atoms with Crippen molar-refractivity contribution in [3.05, 3.63) is 60.7 Å². The van der Waals surface area contributed by atoms with E-state index in [1.54, 1.807) is 17.1 Å². The number of nitrogens with two attached hydrogens (primary N) is 1. The number of nitrogen functional groups attached to an aromatic ring is 1. The molecule has 0 fully saturated rings. The van der Waals surface area contributed by atoms with Crippen LogP contribution >= 0.6 is 0 Å². The molecule has 0 aliphatic heterocycles. The number of pyridine rings is 3. The maximum atomic E-state index is 5.62. The average molecular weight is 346 g/mol. The number of hydrogen-bond donors (Lipinski definition) is 3. The quantitative estimate of drug-likeness (QED) is 0.376. The molecular formula is C18H18N8. The number of nitrogens with one attached hydrogen (secondary N) is 2. The molecule has 0 aliphatic carbocycles. The molecule has 0 saturated carbocycles. The molecule has 0 bridgehead atoms. The molecule has 4 N–H and O–H groups in total. The normalized spacial score (nSPS) is 10.8. The second-order valence-corrected chi connectivity index (χ2v) is 5.84. The van der Waals surface area contributed by atoms with Crippen LogP contribution in [0, 0.1) is 0 Å². The van der Waals surface area contributed by atoms with Crippen molar-refractivity contribution in [2.75, 3.05) is 10.7 Å². The van der Waals surface area contributed by atoms with Gasteiger partial charge in [-0.15, -0.1) is 0 Å². The highest BCUT2D eigenvalue weighted by Gasteiger charge is 2.09. The van der Waals surface area contributed by atoms with Crippen molar-refractivity contribution in [1.29, 1.82) is 0 Å². The van der Waals surface area contributed by atoms with Crippen molar-refractivity contribution in [3.63, 3.8) is 0 Å². The van der Waals surface area contributed by atoms with Crippen molar-refractivity contribution in [2.24, 2.45) is 12.9 Å². The Morgan fingerprint density at radius 1 is 1.08 bits per heavy atom. The van der Waals surface area contributed by atoms with Gasteiger partial charge in [-0.2, -0.15) is 5.10 Å². The van der Waals surface area contributed by atoms with E-state index in [1.165, 1.54) is 0 Å². The first kappa shape index (κ1) is 16.0. The van der Waals surface area contributed by atoms with Gasteiger partial charge in [-0.3, -0.25) is 15.5 Å². The van der Waals surface area contributed by atoms with Gasteiger partial charge in [0.1, 0.15) is 0 Å². The van der Waals surface area contributed by atoms with Gasteiger partial charge in [-0.05, 0) is 36.4 Å². The Kier molecular flexibility index (Phi) is 4.16. The van der Waals surface area contributed by atoms with E-state index in [1.807, 2.05) is 49.6 Å². The van der Waals surface area contributed by atoms with Crippen LogP contribution in [0.25, 0.3) is 22.3 Å². The van der Waals surface area contributed by atoms with E-state index in [9.17, 15) is 0 Å². The SMILES string of the molecule is Cn1cc(-c2ccc(NN)c(NCc3ccc4ncccc4n3)n2)cn1. The lowest BCUT2D eigenvalue weighted by Gasteiger charge is -2.12. The fraction of sp³-hybridized carbons (Fsp3) is 0.111.